The Morgan fingerprint density at radius 3 is 2.67 bits per heavy atom. The van der Waals surface area contributed by atoms with Crippen molar-refractivity contribution in [3.8, 4) is 11.5 Å². The summed E-state index contributed by atoms with van der Waals surface area (Å²) in [5, 5.41) is 0.462. The number of ether oxygens (including phenoxy) is 1. The molecule has 0 amide bonds. The van der Waals surface area contributed by atoms with Crippen LogP contribution in [0.2, 0.25) is 5.02 Å². The van der Waals surface area contributed by atoms with Crippen LogP contribution in [0.5, 0.6) is 11.5 Å². The Morgan fingerprint density at radius 1 is 1.22 bits per heavy atom. The zero-order chi connectivity index (χ0) is 13.1. The molecule has 2 rings (SSSR count). The highest BCUT2D eigenvalue weighted by molar-refractivity contribution is 9.10. The summed E-state index contributed by atoms with van der Waals surface area (Å²) < 4.78 is 19.2. The van der Waals surface area contributed by atoms with Gasteiger partial charge in [-0.3, -0.25) is 0 Å². The van der Waals surface area contributed by atoms with E-state index in [0.717, 1.165) is 5.56 Å². The predicted octanol–water partition coefficient (Wildman–Crippen LogP) is 5.77. The van der Waals surface area contributed by atoms with E-state index in [1.165, 1.54) is 18.2 Å². The van der Waals surface area contributed by atoms with E-state index in [1.54, 1.807) is 12.1 Å². The van der Waals surface area contributed by atoms with Gasteiger partial charge in [-0.1, -0.05) is 23.7 Å². The van der Waals surface area contributed by atoms with Crippen molar-refractivity contribution in [3.05, 3.63) is 57.3 Å². The average Bonchev–Trinajstić information content (AvgIpc) is 2.34. The third-order valence-electron chi connectivity index (χ3n) is 2.30. The lowest BCUT2D eigenvalue weighted by Crippen LogP contribution is -1.92. The Balaban J connectivity index is 2.39. The van der Waals surface area contributed by atoms with Gasteiger partial charge in [0.25, 0.3) is 0 Å². The Labute approximate surface area is 123 Å². The first-order valence-electron chi connectivity index (χ1n) is 5.08. The molecule has 0 atom stereocenters. The zero-order valence-electron chi connectivity index (χ0n) is 9.09. The molecule has 5 heteroatoms. The first-order valence-corrected chi connectivity index (χ1v) is 6.78. The lowest BCUT2D eigenvalue weighted by molar-refractivity contribution is 0.473. The Bertz CT molecular complexity index is 575. The third-order valence-corrected chi connectivity index (χ3v) is 3.50. The minimum atomic E-state index is -0.342. The largest absolute Gasteiger partial charge is 0.454 e. The fourth-order valence-electron chi connectivity index (χ4n) is 1.44. The van der Waals surface area contributed by atoms with E-state index >= 15 is 0 Å². The Morgan fingerprint density at radius 2 is 2.00 bits per heavy atom. The van der Waals surface area contributed by atoms with Crippen LogP contribution in [0.25, 0.3) is 0 Å². The van der Waals surface area contributed by atoms with Crippen LogP contribution in [0.15, 0.2) is 40.9 Å². The second-order valence-electron chi connectivity index (χ2n) is 3.54. The number of para-hydroxylation sites is 1. The molecule has 0 fully saturated rings. The van der Waals surface area contributed by atoms with Gasteiger partial charge in [-0.2, -0.15) is 0 Å². The van der Waals surface area contributed by atoms with E-state index in [0.29, 0.717) is 21.0 Å². The molecule has 0 aromatic heterocycles. The molecule has 0 bridgehead atoms. The van der Waals surface area contributed by atoms with Gasteiger partial charge in [0, 0.05) is 5.56 Å². The van der Waals surface area contributed by atoms with Crippen LogP contribution >= 0.6 is 39.1 Å². The van der Waals surface area contributed by atoms with Crippen molar-refractivity contribution >= 4 is 39.1 Å². The lowest BCUT2D eigenvalue weighted by atomic mass is 10.2. The predicted molar refractivity (Wildman–Crippen MR) is 75.2 cm³/mol. The van der Waals surface area contributed by atoms with Crippen LogP contribution in [0.1, 0.15) is 5.56 Å². The summed E-state index contributed by atoms with van der Waals surface area (Å²) >= 11 is 15.1. The van der Waals surface area contributed by atoms with Gasteiger partial charge < -0.3 is 4.74 Å². The average molecular weight is 350 g/mol. The van der Waals surface area contributed by atoms with E-state index in [4.69, 9.17) is 27.9 Å². The van der Waals surface area contributed by atoms with Crippen molar-refractivity contribution in [3.63, 3.8) is 0 Å². The van der Waals surface area contributed by atoms with Gasteiger partial charge in [0.15, 0.2) is 0 Å². The summed E-state index contributed by atoms with van der Waals surface area (Å²) in [5.74, 6) is 0.914. The van der Waals surface area contributed by atoms with Gasteiger partial charge >= 0.3 is 0 Å². The van der Waals surface area contributed by atoms with Crippen LogP contribution in [-0.4, -0.2) is 0 Å². The van der Waals surface area contributed by atoms with Crippen LogP contribution in [0, 0.1) is 5.82 Å². The number of rotatable bonds is 3. The van der Waals surface area contributed by atoms with Crippen molar-refractivity contribution in [2.45, 2.75) is 5.88 Å². The summed E-state index contributed by atoms with van der Waals surface area (Å²) in [4.78, 5) is 0. The molecule has 2 aromatic rings. The SMILES string of the molecule is Fc1ccc(Oc2c(Cl)cccc2CCl)c(Br)c1. The molecule has 0 spiro atoms. The maximum Gasteiger partial charge on any atom is 0.150 e. The molecule has 0 aliphatic heterocycles. The number of hydrogen-bond acceptors (Lipinski definition) is 1. The molecule has 0 saturated carbocycles. The minimum absolute atomic E-state index is 0.286. The van der Waals surface area contributed by atoms with E-state index in [-0.39, 0.29) is 11.7 Å². The molecule has 18 heavy (non-hydrogen) atoms. The molecule has 0 aliphatic carbocycles. The van der Waals surface area contributed by atoms with Gasteiger partial charge in [0.05, 0.1) is 15.4 Å². The molecule has 0 unspecified atom stereocenters. The quantitative estimate of drug-likeness (QED) is 0.639. The molecule has 0 saturated heterocycles. The van der Waals surface area contributed by atoms with Crippen LogP contribution in [0.3, 0.4) is 0 Å². The van der Waals surface area contributed by atoms with Crippen molar-refractivity contribution < 1.29 is 9.13 Å². The van der Waals surface area contributed by atoms with Crippen LogP contribution in [-0.2, 0) is 5.88 Å². The monoisotopic (exact) mass is 348 g/mol. The molecule has 0 heterocycles. The highest BCUT2D eigenvalue weighted by Crippen LogP contribution is 2.36. The molecule has 1 nitrogen and oxygen atoms in total. The molecule has 2 aromatic carbocycles. The summed E-state index contributed by atoms with van der Waals surface area (Å²) in [5.41, 5.74) is 0.778. The summed E-state index contributed by atoms with van der Waals surface area (Å²) in [7, 11) is 0. The maximum absolute atomic E-state index is 13.0. The fraction of sp³-hybridized carbons (Fsp3) is 0.0769. The molecular formula is C13H8BrCl2FO. The number of hydrogen-bond donors (Lipinski definition) is 0. The molecule has 0 N–H and O–H groups in total. The molecular weight excluding hydrogens is 342 g/mol. The summed E-state index contributed by atoms with van der Waals surface area (Å²) in [6.45, 7) is 0. The second-order valence-corrected chi connectivity index (χ2v) is 5.07. The van der Waals surface area contributed by atoms with Crippen molar-refractivity contribution in [2.75, 3.05) is 0 Å². The highest BCUT2D eigenvalue weighted by Gasteiger charge is 2.11. The second kappa shape index (κ2) is 5.91. The van der Waals surface area contributed by atoms with Gasteiger partial charge in [0.1, 0.15) is 17.3 Å². The normalized spacial score (nSPS) is 10.4. The number of alkyl halides is 1. The molecule has 94 valence electrons. The first kappa shape index (κ1) is 13.7. The zero-order valence-corrected chi connectivity index (χ0v) is 12.2. The summed E-state index contributed by atoms with van der Waals surface area (Å²) in [6, 6.07) is 9.51. The smallest absolute Gasteiger partial charge is 0.150 e. The van der Waals surface area contributed by atoms with Gasteiger partial charge in [-0.05, 0) is 40.2 Å². The Kier molecular flexibility index (Phi) is 4.49. The Hall–Kier alpha value is -0.770. The maximum atomic E-state index is 13.0. The summed E-state index contributed by atoms with van der Waals surface area (Å²) in [6.07, 6.45) is 0. The van der Waals surface area contributed by atoms with Crippen molar-refractivity contribution in [1.82, 2.24) is 0 Å². The van der Waals surface area contributed by atoms with E-state index in [2.05, 4.69) is 15.9 Å². The van der Waals surface area contributed by atoms with Gasteiger partial charge in [-0.15, -0.1) is 11.6 Å². The van der Waals surface area contributed by atoms with E-state index < -0.39 is 0 Å². The topological polar surface area (TPSA) is 9.23 Å². The van der Waals surface area contributed by atoms with Gasteiger partial charge in [0.2, 0.25) is 0 Å². The molecule has 0 radical (unpaired) electrons. The lowest BCUT2D eigenvalue weighted by Gasteiger charge is -2.12. The molecule has 0 aliphatic rings. The highest BCUT2D eigenvalue weighted by atomic mass is 79.9. The van der Waals surface area contributed by atoms with Crippen molar-refractivity contribution in [2.24, 2.45) is 0 Å². The third kappa shape index (κ3) is 2.97. The van der Waals surface area contributed by atoms with Crippen LogP contribution in [0.4, 0.5) is 4.39 Å². The first-order chi connectivity index (χ1) is 8.61. The minimum Gasteiger partial charge on any atom is -0.454 e. The number of benzene rings is 2. The van der Waals surface area contributed by atoms with Gasteiger partial charge in [-0.25, -0.2) is 4.39 Å². The number of halogens is 4. The van der Waals surface area contributed by atoms with Crippen LogP contribution < -0.4 is 4.74 Å². The standard InChI is InChI=1S/C13H8BrCl2FO/c14-10-6-9(17)4-5-12(10)18-13-8(7-15)2-1-3-11(13)16/h1-6H,7H2. The fourth-order valence-corrected chi connectivity index (χ4v) is 2.32. The van der Waals surface area contributed by atoms with E-state index in [9.17, 15) is 4.39 Å². The van der Waals surface area contributed by atoms with Crippen molar-refractivity contribution in [1.29, 1.82) is 0 Å². The van der Waals surface area contributed by atoms with E-state index in [1.807, 2.05) is 6.07 Å².